The first-order chi connectivity index (χ1) is 21.4. The van der Waals surface area contributed by atoms with Gasteiger partial charge in [-0.15, -0.1) is 0 Å². The van der Waals surface area contributed by atoms with Crippen LogP contribution >= 0.6 is 0 Å². The molecule has 1 aliphatic rings. The lowest BCUT2D eigenvalue weighted by molar-refractivity contribution is -0.133. The topological polar surface area (TPSA) is 155 Å². The molecule has 2 atom stereocenters. The number of amides is 2. The number of sulfone groups is 1. The monoisotopic (exact) mass is 633 g/mol. The van der Waals surface area contributed by atoms with Gasteiger partial charge in [0, 0.05) is 35.1 Å². The summed E-state index contributed by atoms with van der Waals surface area (Å²) >= 11 is 0. The normalized spacial score (nSPS) is 15.8. The molecule has 4 aromatic rings. The minimum Gasteiger partial charge on any atom is -0.465 e. The number of pyridine rings is 1. The summed E-state index contributed by atoms with van der Waals surface area (Å²) in [7, 11) is -3.80. The Morgan fingerprint density at radius 1 is 1.09 bits per heavy atom. The number of rotatable bonds is 9. The first-order valence-corrected chi connectivity index (χ1v) is 16.3. The van der Waals surface area contributed by atoms with Gasteiger partial charge in [0.25, 0.3) is 0 Å². The zero-order chi connectivity index (χ0) is 32.5. The van der Waals surface area contributed by atoms with Crippen LogP contribution in [0, 0.1) is 5.82 Å². The van der Waals surface area contributed by atoms with Gasteiger partial charge in [-0.2, -0.15) is 0 Å². The highest BCUT2D eigenvalue weighted by Crippen LogP contribution is 2.40. The molecule has 236 valence electrons. The van der Waals surface area contributed by atoms with Crippen molar-refractivity contribution in [3.8, 4) is 0 Å². The van der Waals surface area contributed by atoms with Gasteiger partial charge >= 0.3 is 6.09 Å². The number of likely N-dealkylation sites (tertiary alicyclic amines) is 1. The van der Waals surface area contributed by atoms with Gasteiger partial charge in [0.2, 0.25) is 5.91 Å². The van der Waals surface area contributed by atoms with Crippen LogP contribution in [0.15, 0.2) is 71.8 Å². The van der Waals surface area contributed by atoms with E-state index >= 15 is 4.39 Å². The number of halogens is 1. The fourth-order valence-corrected chi connectivity index (χ4v) is 7.10. The summed E-state index contributed by atoms with van der Waals surface area (Å²) in [6.07, 6.45) is 1.92. The molecule has 2 heterocycles. The quantitative estimate of drug-likeness (QED) is 0.167. The van der Waals surface area contributed by atoms with Crippen molar-refractivity contribution in [3.63, 3.8) is 0 Å². The SMILES string of the molecule is CCc1ccc(F)c([C@@H](Nc2ccc3c(N)nccc3c2)C(=O)N2CCC[C@@H]2c2cc(NC(=O)O)ccc2S(=O)(=O)C(C)C)c1. The van der Waals surface area contributed by atoms with Crippen LogP contribution in [0.4, 0.5) is 26.4 Å². The number of fused-ring (bicyclic) bond motifs is 1. The standard InChI is InChI=1S/C33H36FN5O5S/c1-4-20-7-11-27(34)25(16-20)30(37-22-8-10-24-21(17-22)13-14-36-31(24)35)32(40)39-15-5-6-28(39)26-18-23(38-33(41)42)9-12-29(26)45(43,44)19(2)3/h7-14,16-19,28,30,37-38H,4-6,15H2,1-3H3,(H2,35,36)(H,41,42)/t28-,30-/m1/s1. The Morgan fingerprint density at radius 3 is 2.56 bits per heavy atom. The minimum absolute atomic E-state index is 0.0301. The molecule has 1 aliphatic heterocycles. The second-order valence-electron chi connectivity index (χ2n) is 11.4. The van der Waals surface area contributed by atoms with Crippen LogP contribution in [0.1, 0.15) is 62.4 Å². The number of carbonyl (C=O) groups excluding carboxylic acids is 1. The van der Waals surface area contributed by atoms with Gasteiger partial charge in [0.1, 0.15) is 17.7 Å². The number of carboxylic acid groups (broad SMARTS) is 1. The lowest BCUT2D eigenvalue weighted by Crippen LogP contribution is -2.38. The molecule has 10 nitrogen and oxygen atoms in total. The zero-order valence-electron chi connectivity index (χ0n) is 25.2. The van der Waals surface area contributed by atoms with Crippen LogP contribution < -0.4 is 16.4 Å². The van der Waals surface area contributed by atoms with Crippen molar-refractivity contribution in [2.45, 2.75) is 62.3 Å². The van der Waals surface area contributed by atoms with Crippen molar-refractivity contribution in [1.29, 1.82) is 0 Å². The fourth-order valence-electron chi connectivity index (χ4n) is 5.81. The Labute approximate surface area is 261 Å². The maximum atomic E-state index is 15.5. The van der Waals surface area contributed by atoms with E-state index in [1.165, 1.54) is 24.3 Å². The molecule has 45 heavy (non-hydrogen) atoms. The second kappa shape index (κ2) is 12.7. The highest BCUT2D eigenvalue weighted by Gasteiger charge is 2.39. The van der Waals surface area contributed by atoms with Crippen molar-refractivity contribution < 1.29 is 27.5 Å². The molecule has 2 amide bonds. The lowest BCUT2D eigenvalue weighted by Gasteiger charge is -2.32. The Kier molecular flexibility index (Phi) is 8.96. The van der Waals surface area contributed by atoms with E-state index in [1.807, 2.05) is 13.0 Å². The summed E-state index contributed by atoms with van der Waals surface area (Å²) in [6.45, 7) is 5.37. The molecule has 1 saturated heterocycles. The van der Waals surface area contributed by atoms with Gasteiger partial charge in [0.15, 0.2) is 9.84 Å². The molecule has 3 aromatic carbocycles. The van der Waals surface area contributed by atoms with Crippen molar-refractivity contribution in [3.05, 3.63) is 89.4 Å². The van der Waals surface area contributed by atoms with Crippen molar-refractivity contribution >= 4 is 49.8 Å². The Morgan fingerprint density at radius 2 is 1.84 bits per heavy atom. The number of aryl methyl sites for hydroxylation is 1. The average Bonchev–Trinajstić information content (AvgIpc) is 3.50. The van der Waals surface area contributed by atoms with Crippen molar-refractivity contribution in [2.24, 2.45) is 0 Å². The van der Waals surface area contributed by atoms with Crippen LogP contribution in [-0.2, 0) is 21.1 Å². The third-order valence-corrected chi connectivity index (χ3v) is 10.4. The van der Waals surface area contributed by atoms with Crippen LogP contribution in [0.2, 0.25) is 0 Å². The molecule has 0 aliphatic carbocycles. The van der Waals surface area contributed by atoms with Crippen LogP contribution in [0.5, 0.6) is 0 Å². The van der Waals surface area contributed by atoms with Gasteiger partial charge in [-0.05, 0) is 98.2 Å². The summed E-state index contributed by atoms with van der Waals surface area (Å²) in [6, 6.07) is 14.2. The van der Waals surface area contributed by atoms with E-state index in [2.05, 4.69) is 15.6 Å². The predicted octanol–water partition coefficient (Wildman–Crippen LogP) is 6.31. The number of nitrogens with one attached hydrogen (secondary N) is 2. The summed E-state index contributed by atoms with van der Waals surface area (Å²) in [5, 5.41) is 15.6. The molecule has 0 saturated carbocycles. The highest BCUT2D eigenvalue weighted by molar-refractivity contribution is 7.92. The number of benzene rings is 3. The maximum Gasteiger partial charge on any atom is 0.409 e. The summed E-state index contributed by atoms with van der Waals surface area (Å²) in [5.74, 6) is -0.637. The molecule has 0 radical (unpaired) electrons. The van der Waals surface area contributed by atoms with Crippen LogP contribution in [0.25, 0.3) is 10.8 Å². The molecule has 5 rings (SSSR count). The number of nitrogens with zero attached hydrogens (tertiary/aromatic N) is 2. The molecule has 12 heteroatoms. The predicted molar refractivity (Wildman–Crippen MR) is 172 cm³/mol. The molecule has 0 bridgehead atoms. The molecular weight excluding hydrogens is 597 g/mol. The number of carbonyl (C=O) groups is 2. The molecule has 1 aromatic heterocycles. The average molecular weight is 634 g/mol. The number of nitrogen functional groups attached to an aromatic ring is 1. The first-order valence-electron chi connectivity index (χ1n) is 14.8. The molecule has 1 fully saturated rings. The number of anilines is 3. The number of hydrogen-bond donors (Lipinski definition) is 4. The second-order valence-corrected chi connectivity index (χ2v) is 13.9. The minimum atomic E-state index is -3.80. The first kappa shape index (κ1) is 31.7. The van der Waals surface area contributed by atoms with Gasteiger partial charge in [-0.3, -0.25) is 10.1 Å². The maximum absolute atomic E-state index is 15.5. The number of hydrogen-bond acceptors (Lipinski definition) is 7. The molecular formula is C33H36FN5O5S. The van der Waals surface area contributed by atoms with E-state index in [0.717, 1.165) is 16.3 Å². The molecule has 0 unspecified atom stereocenters. The van der Waals surface area contributed by atoms with Crippen molar-refractivity contribution in [1.82, 2.24) is 9.88 Å². The summed E-state index contributed by atoms with van der Waals surface area (Å²) < 4.78 is 42.4. The van der Waals surface area contributed by atoms with E-state index < -0.39 is 45.0 Å². The largest absolute Gasteiger partial charge is 0.465 e. The number of nitrogens with two attached hydrogens (primary N) is 1. The zero-order valence-corrected chi connectivity index (χ0v) is 26.1. The Bertz CT molecular complexity index is 1880. The fraction of sp³-hybridized carbons (Fsp3) is 0.303. The van der Waals surface area contributed by atoms with Gasteiger partial charge in [-0.25, -0.2) is 22.6 Å². The van der Waals surface area contributed by atoms with E-state index in [1.54, 1.807) is 55.3 Å². The van der Waals surface area contributed by atoms with Gasteiger partial charge < -0.3 is 21.1 Å². The molecule has 0 spiro atoms. The smallest absolute Gasteiger partial charge is 0.409 e. The van der Waals surface area contributed by atoms with Crippen LogP contribution in [0.3, 0.4) is 0 Å². The Hall–Kier alpha value is -4.71. The van der Waals surface area contributed by atoms with Crippen LogP contribution in [-0.4, -0.2) is 47.2 Å². The molecule has 5 N–H and O–H groups in total. The summed E-state index contributed by atoms with van der Waals surface area (Å²) in [5.41, 5.74) is 8.09. The highest BCUT2D eigenvalue weighted by atomic mass is 32.2. The Balaban J connectivity index is 1.61. The van der Waals surface area contributed by atoms with E-state index in [4.69, 9.17) is 5.73 Å². The third-order valence-electron chi connectivity index (χ3n) is 8.22. The van der Waals surface area contributed by atoms with Crippen molar-refractivity contribution in [2.75, 3.05) is 22.9 Å². The van der Waals surface area contributed by atoms with Gasteiger partial charge in [-0.1, -0.05) is 19.1 Å². The third kappa shape index (κ3) is 6.41. The van der Waals surface area contributed by atoms with E-state index in [9.17, 15) is 23.1 Å². The van der Waals surface area contributed by atoms with E-state index in [-0.39, 0.29) is 16.1 Å². The lowest BCUT2D eigenvalue weighted by atomic mass is 9.98. The van der Waals surface area contributed by atoms with Gasteiger partial charge in [0.05, 0.1) is 16.2 Å². The number of aromatic nitrogens is 1. The van der Waals surface area contributed by atoms with E-state index in [0.29, 0.717) is 42.9 Å². The summed E-state index contributed by atoms with van der Waals surface area (Å²) in [4.78, 5) is 31.7.